The molecule has 0 spiro atoms. The standard InChI is InChI=1S/C20H19BrN4O.ClH/c1-13-7-8-16-18(24-15-6-4-5-14(21)11-15)17(12-22-19(16)23-13)20(26)25-9-2-3-10-25;/h4-8,11-12H,2-3,9-10H2,1H3,(H,22,23,24);1H. The zero-order valence-corrected chi connectivity index (χ0v) is 17.3. The highest BCUT2D eigenvalue weighted by molar-refractivity contribution is 9.10. The van der Waals surface area contributed by atoms with E-state index in [0.717, 1.165) is 52.9 Å². The molecule has 1 aliphatic heterocycles. The molecule has 2 aromatic heterocycles. The molecule has 1 N–H and O–H groups in total. The zero-order chi connectivity index (χ0) is 18.1. The third-order valence-corrected chi connectivity index (χ3v) is 5.08. The first-order chi connectivity index (χ1) is 12.6. The number of benzene rings is 1. The molecule has 0 unspecified atom stereocenters. The van der Waals surface area contributed by atoms with Crippen molar-refractivity contribution in [2.45, 2.75) is 19.8 Å². The van der Waals surface area contributed by atoms with Gasteiger partial charge in [-0.2, -0.15) is 0 Å². The Morgan fingerprint density at radius 2 is 1.96 bits per heavy atom. The molecule has 1 aromatic carbocycles. The molecule has 7 heteroatoms. The summed E-state index contributed by atoms with van der Waals surface area (Å²) >= 11 is 3.50. The topological polar surface area (TPSA) is 58.1 Å². The van der Waals surface area contributed by atoms with E-state index in [9.17, 15) is 4.79 Å². The molecule has 140 valence electrons. The van der Waals surface area contributed by atoms with Crippen molar-refractivity contribution in [2.24, 2.45) is 0 Å². The first-order valence-electron chi connectivity index (χ1n) is 8.70. The number of rotatable bonds is 3. The Kier molecular flexibility index (Phi) is 5.97. The van der Waals surface area contributed by atoms with Crippen LogP contribution < -0.4 is 5.32 Å². The summed E-state index contributed by atoms with van der Waals surface area (Å²) in [4.78, 5) is 23.9. The molecule has 27 heavy (non-hydrogen) atoms. The van der Waals surface area contributed by atoms with Crippen LogP contribution >= 0.6 is 28.3 Å². The normalized spacial score (nSPS) is 13.5. The van der Waals surface area contributed by atoms with Gasteiger partial charge in [0.1, 0.15) is 0 Å². The maximum atomic E-state index is 13.1. The van der Waals surface area contributed by atoms with Gasteiger partial charge in [-0.05, 0) is 50.1 Å². The van der Waals surface area contributed by atoms with Gasteiger partial charge in [-0.3, -0.25) is 4.79 Å². The lowest BCUT2D eigenvalue weighted by atomic mass is 10.1. The number of aromatic nitrogens is 2. The van der Waals surface area contributed by atoms with E-state index >= 15 is 0 Å². The molecule has 0 saturated carbocycles. The van der Waals surface area contributed by atoms with Crippen molar-refractivity contribution in [1.82, 2.24) is 14.9 Å². The Labute approximate surface area is 172 Å². The number of aryl methyl sites for hydroxylation is 1. The smallest absolute Gasteiger partial charge is 0.257 e. The van der Waals surface area contributed by atoms with Crippen molar-refractivity contribution in [3.63, 3.8) is 0 Å². The fraction of sp³-hybridized carbons (Fsp3) is 0.250. The first-order valence-corrected chi connectivity index (χ1v) is 9.49. The van der Waals surface area contributed by atoms with Crippen LogP contribution in [0.1, 0.15) is 28.9 Å². The second-order valence-electron chi connectivity index (χ2n) is 6.51. The van der Waals surface area contributed by atoms with E-state index in [1.54, 1.807) is 6.20 Å². The molecule has 0 atom stereocenters. The summed E-state index contributed by atoms with van der Waals surface area (Å²) in [6, 6.07) is 11.8. The minimum atomic E-state index is 0. The number of nitrogens with one attached hydrogen (secondary N) is 1. The number of nitrogens with zero attached hydrogens (tertiary/aromatic N) is 3. The zero-order valence-electron chi connectivity index (χ0n) is 14.9. The van der Waals surface area contributed by atoms with E-state index < -0.39 is 0 Å². The Hall–Kier alpha value is -2.18. The predicted octanol–water partition coefficient (Wildman–Crippen LogP) is 5.10. The monoisotopic (exact) mass is 446 g/mol. The van der Waals surface area contributed by atoms with Crippen LogP contribution in [0.2, 0.25) is 0 Å². The van der Waals surface area contributed by atoms with Crippen LogP contribution in [0.5, 0.6) is 0 Å². The summed E-state index contributed by atoms with van der Waals surface area (Å²) in [5, 5.41) is 4.27. The van der Waals surface area contributed by atoms with Gasteiger partial charge < -0.3 is 10.2 Å². The number of fused-ring (bicyclic) bond motifs is 1. The Morgan fingerprint density at radius 3 is 2.70 bits per heavy atom. The third-order valence-electron chi connectivity index (χ3n) is 4.59. The van der Waals surface area contributed by atoms with Gasteiger partial charge in [0.05, 0.1) is 11.3 Å². The lowest BCUT2D eigenvalue weighted by Gasteiger charge is -2.19. The maximum absolute atomic E-state index is 13.1. The summed E-state index contributed by atoms with van der Waals surface area (Å²) in [5.41, 5.74) is 3.79. The van der Waals surface area contributed by atoms with Gasteiger partial charge in [0, 0.05) is 40.5 Å². The van der Waals surface area contributed by atoms with Gasteiger partial charge in [0.15, 0.2) is 5.65 Å². The Balaban J connectivity index is 0.00000210. The molecule has 1 aliphatic rings. The SMILES string of the molecule is Cc1ccc2c(Nc3cccc(Br)c3)c(C(=O)N3CCCC3)cnc2n1.Cl. The van der Waals surface area contributed by atoms with Crippen molar-refractivity contribution >= 4 is 56.7 Å². The predicted molar refractivity (Wildman–Crippen MR) is 114 cm³/mol. The van der Waals surface area contributed by atoms with Gasteiger partial charge >= 0.3 is 0 Å². The first kappa shape index (κ1) is 19.6. The number of halogens is 2. The molecule has 0 aliphatic carbocycles. The van der Waals surface area contributed by atoms with E-state index in [2.05, 4.69) is 31.2 Å². The summed E-state index contributed by atoms with van der Waals surface area (Å²) in [5.74, 6) is 0.0231. The highest BCUT2D eigenvalue weighted by Gasteiger charge is 2.24. The van der Waals surface area contributed by atoms with Gasteiger partial charge in [-0.1, -0.05) is 22.0 Å². The van der Waals surface area contributed by atoms with Crippen LogP contribution in [0.3, 0.4) is 0 Å². The minimum Gasteiger partial charge on any atom is -0.354 e. The van der Waals surface area contributed by atoms with E-state index in [0.29, 0.717) is 11.2 Å². The molecule has 0 bridgehead atoms. The molecule has 3 aromatic rings. The van der Waals surface area contributed by atoms with Crippen LogP contribution in [-0.4, -0.2) is 33.9 Å². The highest BCUT2D eigenvalue weighted by atomic mass is 79.9. The van der Waals surface area contributed by atoms with E-state index in [4.69, 9.17) is 0 Å². The lowest BCUT2D eigenvalue weighted by molar-refractivity contribution is 0.0793. The summed E-state index contributed by atoms with van der Waals surface area (Å²) in [7, 11) is 0. The molecule has 3 heterocycles. The molecule has 0 radical (unpaired) electrons. The summed E-state index contributed by atoms with van der Waals surface area (Å²) in [6.45, 7) is 3.55. The number of hydrogen-bond donors (Lipinski definition) is 1. The van der Waals surface area contributed by atoms with Crippen molar-refractivity contribution in [3.05, 3.63) is 58.3 Å². The second kappa shape index (κ2) is 8.23. The van der Waals surface area contributed by atoms with Crippen molar-refractivity contribution in [1.29, 1.82) is 0 Å². The maximum Gasteiger partial charge on any atom is 0.257 e. The molecule has 4 rings (SSSR count). The quantitative estimate of drug-likeness (QED) is 0.607. The molecule has 1 amide bonds. The average molecular weight is 448 g/mol. The fourth-order valence-corrected chi connectivity index (χ4v) is 3.67. The molecular weight excluding hydrogens is 428 g/mol. The Morgan fingerprint density at radius 1 is 1.19 bits per heavy atom. The van der Waals surface area contributed by atoms with Gasteiger partial charge in [-0.15, -0.1) is 12.4 Å². The average Bonchev–Trinajstić information content (AvgIpc) is 3.16. The van der Waals surface area contributed by atoms with Crippen LogP contribution in [0.15, 0.2) is 47.1 Å². The summed E-state index contributed by atoms with van der Waals surface area (Å²) < 4.78 is 0.974. The van der Waals surface area contributed by atoms with E-state index in [1.807, 2.05) is 48.2 Å². The van der Waals surface area contributed by atoms with Gasteiger partial charge in [0.25, 0.3) is 5.91 Å². The largest absolute Gasteiger partial charge is 0.354 e. The number of likely N-dealkylation sites (tertiary alicyclic amines) is 1. The lowest BCUT2D eigenvalue weighted by Crippen LogP contribution is -2.28. The molecule has 5 nitrogen and oxygen atoms in total. The summed E-state index contributed by atoms with van der Waals surface area (Å²) in [6.07, 6.45) is 3.76. The van der Waals surface area contributed by atoms with Crippen molar-refractivity contribution in [3.8, 4) is 0 Å². The van der Waals surface area contributed by atoms with Crippen LogP contribution in [0.4, 0.5) is 11.4 Å². The van der Waals surface area contributed by atoms with Gasteiger partial charge in [0.2, 0.25) is 0 Å². The van der Waals surface area contributed by atoms with Crippen molar-refractivity contribution in [2.75, 3.05) is 18.4 Å². The van der Waals surface area contributed by atoms with E-state index in [1.165, 1.54) is 0 Å². The molecular formula is C20H20BrClN4O. The minimum absolute atomic E-state index is 0. The van der Waals surface area contributed by atoms with Crippen LogP contribution in [0.25, 0.3) is 11.0 Å². The van der Waals surface area contributed by atoms with Crippen LogP contribution in [0, 0.1) is 6.92 Å². The highest BCUT2D eigenvalue weighted by Crippen LogP contribution is 2.31. The number of carbonyl (C=O) groups is 1. The Bertz CT molecular complexity index is 989. The number of carbonyl (C=O) groups excluding carboxylic acids is 1. The number of hydrogen-bond acceptors (Lipinski definition) is 4. The number of anilines is 2. The molecule has 1 fully saturated rings. The third kappa shape index (κ3) is 4.06. The second-order valence-corrected chi connectivity index (χ2v) is 7.42. The number of pyridine rings is 2. The fourth-order valence-electron chi connectivity index (χ4n) is 3.27. The van der Waals surface area contributed by atoms with E-state index in [-0.39, 0.29) is 18.3 Å². The number of amides is 1. The van der Waals surface area contributed by atoms with Gasteiger partial charge in [-0.25, -0.2) is 9.97 Å². The van der Waals surface area contributed by atoms with Crippen molar-refractivity contribution < 1.29 is 4.79 Å². The van der Waals surface area contributed by atoms with Crippen LogP contribution in [-0.2, 0) is 0 Å². The molecule has 1 saturated heterocycles.